The quantitative estimate of drug-likeness (QED) is 0.215. The Kier molecular flexibility index (Phi) is 7.91. The molecule has 0 bridgehead atoms. The van der Waals surface area contributed by atoms with Crippen molar-refractivity contribution in [2.45, 2.75) is 54.9 Å². The number of imide groups is 2. The van der Waals surface area contributed by atoms with Crippen LogP contribution in [0.25, 0.3) is 0 Å². The van der Waals surface area contributed by atoms with E-state index in [1.54, 1.807) is 30.3 Å². The van der Waals surface area contributed by atoms with Crippen LogP contribution in [0.2, 0.25) is 0 Å². The van der Waals surface area contributed by atoms with Crippen LogP contribution >= 0.6 is 11.8 Å². The van der Waals surface area contributed by atoms with Crippen LogP contribution in [0, 0.1) is 6.92 Å². The second kappa shape index (κ2) is 10.9. The number of hydrogen-bond acceptors (Lipinski definition) is 8. The molecule has 2 aromatic carbocycles. The number of rotatable bonds is 10. The van der Waals surface area contributed by atoms with Crippen LogP contribution in [0.1, 0.15) is 58.4 Å². The van der Waals surface area contributed by atoms with Crippen LogP contribution in [0.5, 0.6) is 0 Å². The van der Waals surface area contributed by atoms with Gasteiger partial charge < -0.3 is 0 Å². The SMILES string of the molecule is Cc1ccc(S(=O)(=O)OCCCCCSc2cccc3c2C(=O)N(C2CCC(=O)NC2=O)C3=O)cc1. The highest BCUT2D eigenvalue weighted by molar-refractivity contribution is 7.99. The van der Waals surface area contributed by atoms with Gasteiger partial charge in [0.1, 0.15) is 6.04 Å². The average Bonchev–Trinajstić information content (AvgIpc) is 3.09. The first-order valence-electron chi connectivity index (χ1n) is 11.6. The number of benzene rings is 2. The van der Waals surface area contributed by atoms with E-state index in [9.17, 15) is 27.6 Å². The molecule has 2 aromatic rings. The highest BCUT2D eigenvalue weighted by Gasteiger charge is 2.45. The molecule has 11 heteroatoms. The van der Waals surface area contributed by atoms with Crippen molar-refractivity contribution in [3.05, 3.63) is 59.2 Å². The van der Waals surface area contributed by atoms with Crippen molar-refractivity contribution in [2.75, 3.05) is 12.4 Å². The lowest BCUT2D eigenvalue weighted by Crippen LogP contribution is -2.54. The minimum Gasteiger partial charge on any atom is -0.295 e. The van der Waals surface area contributed by atoms with Gasteiger partial charge in [-0.1, -0.05) is 30.2 Å². The molecule has 4 amide bonds. The molecule has 190 valence electrons. The second-order valence-electron chi connectivity index (χ2n) is 8.62. The van der Waals surface area contributed by atoms with Crippen LogP contribution in [-0.2, 0) is 23.9 Å². The average molecular weight is 531 g/mol. The first-order chi connectivity index (χ1) is 17.2. The Morgan fingerprint density at radius 3 is 2.47 bits per heavy atom. The van der Waals surface area contributed by atoms with Crippen molar-refractivity contribution in [1.82, 2.24) is 10.2 Å². The van der Waals surface area contributed by atoms with Gasteiger partial charge in [-0.15, -0.1) is 11.8 Å². The summed E-state index contributed by atoms with van der Waals surface area (Å²) in [5.74, 6) is -1.45. The lowest BCUT2D eigenvalue weighted by Gasteiger charge is -2.27. The maximum Gasteiger partial charge on any atom is 0.296 e. The fraction of sp³-hybridized carbons (Fsp3) is 0.360. The normalized spacial score (nSPS) is 17.9. The number of aryl methyl sites for hydroxylation is 1. The van der Waals surface area contributed by atoms with E-state index < -0.39 is 39.8 Å². The summed E-state index contributed by atoms with van der Waals surface area (Å²) < 4.78 is 29.6. The van der Waals surface area contributed by atoms with E-state index in [-0.39, 0.29) is 35.5 Å². The number of nitrogens with zero attached hydrogens (tertiary/aromatic N) is 1. The van der Waals surface area contributed by atoms with Crippen LogP contribution in [0.4, 0.5) is 0 Å². The van der Waals surface area contributed by atoms with Crippen molar-refractivity contribution in [1.29, 1.82) is 0 Å². The summed E-state index contributed by atoms with van der Waals surface area (Å²) in [6, 6.07) is 10.5. The number of amides is 4. The van der Waals surface area contributed by atoms with Gasteiger partial charge in [0.25, 0.3) is 21.9 Å². The summed E-state index contributed by atoms with van der Waals surface area (Å²) in [6.07, 6.45) is 2.21. The minimum atomic E-state index is -3.78. The van der Waals surface area contributed by atoms with Crippen molar-refractivity contribution < 1.29 is 31.8 Å². The van der Waals surface area contributed by atoms with Gasteiger partial charge in [0.2, 0.25) is 11.8 Å². The molecule has 0 aromatic heterocycles. The standard InChI is InChI=1S/C25H26N2O7S2/c1-16-8-10-17(11-9-16)36(32,33)34-14-3-2-4-15-35-20-7-5-6-18-22(20)25(31)27(24(18)30)19-12-13-21(28)26-23(19)29/h5-11,19H,2-4,12-15H2,1H3,(H,26,28,29). The van der Waals surface area contributed by atoms with Crippen LogP contribution in [0.15, 0.2) is 52.3 Å². The molecule has 2 aliphatic rings. The molecule has 1 atom stereocenters. The monoisotopic (exact) mass is 530 g/mol. The highest BCUT2D eigenvalue weighted by Crippen LogP contribution is 2.34. The summed E-state index contributed by atoms with van der Waals surface area (Å²) in [4.78, 5) is 51.4. The summed E-state index contributed by atoms with van der Waals surface area (Å²) in [6.45, 7) is 1.96. The van der Waals surface area contributed by atoms with Gasteiger partial charge in [-0.05, 0) is 56.2 Å². The third-order valence-corrected chi connectivity index (χ3v) is 8.49. The first kappa shape index (κ1) is 26.1. The molecule has 2 heterocycles. The Labute approximate surface area is 213 Å². The predicted molar refractivity (Wildman–Crippen MR) is 132 cm³/mol. The van der Waals surface area contributed by atoms with Gasteiger partial charge in [0.05, 0.1) is 22.6 Å². The van der Waals surface area contributed by atoms with Gasteiger partial charge in [-0.25, -0.2) is 0 Å². The number of hydrogen-bond donors (Lipinski definition) is 1. The number of unbranched alkanes of at least 4 members (excludes halogenated alkanes) is 2. The lowest BCUT2D eigenvalue weighted by atomic mass is 10.0. The molecular weight excluding hydrogens is 504 g/mol. The number of fused-ring (bicyclic) bond motifs is 1. The van der Waals surface area contributed by atoms with Crippen molar-refractivity contribution in [3.63, 3.8) is 0 Å². The number of carbonyl (C=O) groups is 4. The zero-order chi connectivity index (χ0) is 25.9. The molecule has 1 unspecified atom stereocenters. The first-order valence-corrected chi connectivity index (χ1v) is 14.0. The number of nitrogens with one attached hydrogen (secondary N) is 1. The van der Waals surface area contributed by atoms with E-state index in [1.165, 1.54) is 23.9 Å². The molecule has 0 radical (unpaired) electrons. The highest BCUT2D eigenvalue weighted by atomic mass is 32.2. The summed E-state index contributed by atoms with van der Waals surface area (Å²) >= 11 is 1.43. The second-order valence-corrected chi connectivity index (χ2v) is 11.4. The molecule has 1 N–H and O–H groups in total. The van der Waals surface area contributed by atoms with Gasteiger partial charge in [0.15, 0.2) is 0 Å². The zero-order valence-electron chi connectivity index (χ0n) is 19.7. The molecule has 9 nitrogen and oxygen atoms in total. The molecular formula is C25H26N2O7S2. The third-order valence-electron chi connectivity index (χ3n) is 6.02. The number of thioether (sulfide) groups is 1. The maximum absolute atomic E-state index is 13.1. The predicted octanol–water partition coefficient (Wildman–Crippen LogP) is 3.06. The number of carbonyl (C=O) groups excluding carboxylic acids is 4. The molecule has 4 rings (SSSR count). The fourth-order valence-electron chi connectivity index (χ4n) is 4.11. The Bertz CT molecular complexity index is 1310. The smallest absolute Gasteiger partial charge is 0.295 e. The molecule has 2 aliphatic heterocycles. The van der Waals surface area contributed by atoms with Gasteiger partial charge >= 0.3 is 0 Å². The summed E-state index contributed by atoms with van der Waals surface area (Å²) in [7, 11) is -3.78. The van der Waals surface area contributed by atoms with Gasteiger partial charge in [-0.2, -0.15) is 8.42 Å². The van der Waals surface area contributed by atoms with Gasteiger partial charge in [-0.3, -0.25) is 33.6 Å². The van der Waals surface area contributed by atoms with Gasteiger partial charge in [0, 0.05) is 11.3 Å². The maximum atomic E-state index is 13.1. The third kappa shape index (κ3) is 5.53. The Hall–Kier alpha value is -3.02. The minimum absolute atomic E-state index is 0.0709. The Morgan fingerprint density at radius 1 is 1.00 bits per heavy atom. The topological polar surface area (TPSA) is 127 Å². The zero-order valence-corrected chi connectivity index (χ0v) is 21.3. The van der Waals surface area contributed by atoms with E-state index in [1.807, 2.05) is 6.92 Å². The van der Waals surface area contributed by atoms with Crippen LogP contribution < -0.4 is 5.32 Å². The van der Waals surface area contributed by atoms with E-state index in [0.29, 0.717) is 17.1 Å². The Balaban J connectivity index is 1.28. The van der Waals surface area contributed by atoms with E-state index >= 15 is 0 Å². The van der Waals surface area contributed by atoms with E-state index in [0.717, 1.165) is 23.3 Å². The van der Waals surface area contributed by atoms with Crippen molar-refractivity contribution >= 4 is 45.5 Å². The molecule has 36 heavy (non-hydrogen) atoms. The fourth-order valence-corrected chi connectivity index (χ4v) is 6.14. The molecule has 1 saturated heterocycles. The molecule has 0 aliphatic carbocycles. The largest absolute Gasteiger partial charge is 0.296 e. The Morgan fingerprint density at radius 2 is 1.75 bits per heavy atom. The molecule has 0 saturated carbocycles. The molecule has 0 spiro atoms. The number of piperidine rings is 1. The summed E-state index contributed by atoms with van der Waals surface area (Å²) in [5.41, 5.74) is 1.50. The van der Waals surface area contributed by atoms with Crippen LogP contribution in [-0.4, -0.2) is 55.3 Å². The molecule has 1 fully saturated rings. The lowest BCUT2D eigenvalue weighted by molar-refractivity contribution is -0.136. The summed E-state index contributed by atoms with van der Waals surface area (Å²) in [5, 5.41) is 2.19. The van der Waals surface area contributed by atoms with Crippen molar-refractivity contribution in [2.24, 2.45) is 0 Å². The van der Waals surface area contributed by atoms with Crippen molar-refractivity contribution in [3.8, 4) is 0 Å². The van der Waals surface area contributed by atoms with E-state index in [4.69, 9.17) is 4.18 Å². The van der Waals surface area contributed by atoms with Crippen LogP contribution in [0.3, 0.4) is 0 Å². The van der Waals surface area contributed by atoms with E-state index in [2.05, 4.69) is 5.32 Å².